The van der Waals surface area contributed by atoms with Gasteiger partial charge in [0.25, 0.3) is 5.91 Å². The molecule has 3 rings (SSSR count). The Morgan fingerprint density at radius 3 is 2.46 bits per heavy atom. The van der Waals surface area contributed by atoms with Crippen LogP contribution in [0.1, 0.15) is 36.3 Å². The lowest BCUT2D eigenvalue weighted by molar-refractivity contribution is 0.0938. The maximum absolute atomic E-state index is 12.9. The molecule has 2 aromatic carbocycles. The van der Waals surface area contributed by atoms with Crippen molar-refractivity contribution in [3.63, 3.8) is 0 Å². The van der Waals surface area contributed by atoms with Crippen molar-refractivity contribution in [2.75, 3.05) is 7.11 Å². The van der Waals surface area contributed by atoms with Gasteiger partial charge in [0.05, 0.1) is 29.1 Å². The Morgan fingerprint density at radius 1 is 1.18 bits per heavy atom. The van der Waals surface area contributed by atoms with Gasteiger partial charge in [-0.3, -0.25) is 4.79 Å². The SMILES string of the molecule is CC[C@H](C)NC(=O)c1cc(-c2ccc(OC)cc2)n(-c2ccccc2Cl)c1C. The van der Waals surface area contributed by atoms with Crippen molar-refractivity contribution in [1.82, 2.24) is 9.88 Å². The van der Waals surface area contributed by atoms with Gasteiger partial charge in [-0.1, -0.05) is 30.7 Å². The zero-order valence-electron chi connectivity index (χ0n) is 16.6. The number of nitrogens with one attached hydrogen (secondary N) is 1. The predicted molar refractivity (Wildman–Crippen MR) is 115 cm³/mol. The van der Waals surface area contributed by atoms with Crippen LogP contribution < -0.4 is 10.1 Å². The van der Waals surface area contributed by atoms with Crippen LogP contribution in [0.25, 0.3) is 16.9 Å². The van der Waals surface area contributed by atoms with Crippen LogP contribution in [-0.4, -0.2) is 23.6 Å². The Morgan fingerprint density at radius 2 is 1.86 bits per heavy atom. The molecule has 1 heterocycles. The molecule has 0 saturated carbocycles. The number of para-hydroxylation sites is 1. The maximum atomic E-state index is 12.9. The van der Waals surface area contributed by atoms with E-state index in [2.05, 4.69) is 12.2 Å². The van der Waals surface area contributed by atoms with Crippen LogP contribution in [0.5, 0.6) is 5.75 Å². The van der Waals surface area contributed by atoms with Gasteiger partial charge in [-0.15, -0.1) is 0 Å². The largest absolute Gasteiger partial charge is 0.497 e. The summed E-state index contributed by atoms with van der Waals surface area (Å²) in [5.41, 5.74) is 4.22. The summed E-state index contributed by atoms with van der Waals surface area (Å²) >= 11 is 6.49. The van der Waals surface area contributed by atoms with E-state index in [1.807, 2.05) is 73.0 Å². The number of rotatable bonds is 6. The smallest absolute Gasteiger partial charge is 0.253 e. The third-order valence-electron chi connectivity index (χ3n) is 4.96. The van der Waals surface area contributed by atoms with Gasteiger partial charge in [0, 0.05) is 11.7 Å². The molecule has 1 N–H and O–H groups in total. The number of hydrogen-bond acceptors (Lipinski definition) is 2. The summed E-state index contributed by atoms with van der Waals surface area (Å²) in [6.07, 6.45) is 0.876. The quantitative estimate of drug-likeness (QED) is 0.585. The molecule has 1 amide bonds. The normalized spacial score (nSPS) is 11.9. The Bertz CT molecular complexity index is 977. The lowest BCUT2D eigenvalue weighted by atomic mass is 10.1. The van der Waals surface area contributed by atoms with E-state index in [4.69, 9.17) is 16.3 Å². The van der Waals surface area contributed by atoms with Crippen LogP contribution >= 0.6 is 11.6 Å². The van der Waals surface area contributed by atoms with E-state index in [9.17, 15) is 4.79 Å². The van der Waals surface area contributed by atoms with E-state index in [0.717, 1.165) is 34.8 Å². The first kappa shape index (κ1) is 20.0. The number of halogens is 1. The van der Waals surface area contributed by atoms with Gasteiger partial charge in [0.15, 0.2) is 0 Å². The molecule has 0 unspecified atom stereocenters. The number of amides is 1. The number of carbonyl (C=O) groups is 1. The van der Waals surface area contributed by atoms with Crippen LogP contribution in [-0.2, 0) is 0 Å². The maximum Gasteiger partial charge on any atom is 0.253 e. The molecule has 0 aliphatic carbocycles. The van der Waals surface area contributed by atoms with Crippen LogP contribution in [0.15, 0.2) is 54.6 Å². The molecule has 0 bridgehead atoms. The molecule has 5 heteroatoms. The number of benzene rings is 2. The predicted octanol–water partition coefficient (Wildman–Crippen LogP) is 5.64. The standard InChI is InChI=1S/C23H25ClN2O2/c1-5-15(2)25-23(27)19-14-22(17-10-12-18(28-4)13-11-17)26(16(19)3)21-9-7-6-8-20(21)24/h6-15H,5H2,1-4H3,(H,25,27)/t15-/m0/s1. The lowest BCUT2D eigenvalue weighted by Crippen LogP contribution is -2.32. The van der Waals surface area contributed by atoms with Crippen molar-refractivity contribution in [3.8, 4) is 22.7 Å². The number of nitrogens with zero attached hydrogens (tertiary/aromatic N) is 1. The van der Waals surface area contributed by atoms with Crippen molar-refractivity contribution in [1.29, 1.82) is 0 Å². The first-order valence-electron chi connectivity index (χ1n) is 9.38. The fraction of sp³-hybridized carbons (Fsp3) is 0.261. The number of hydrogen-bond donors (Lipinski definition) is 1. The fourth-order valence-electron chi connectivity index (χ4n) is 3.16. The second kappa shape index (κ2) is 8.53. The lowest BCUT2D eigenvalue weighted by Gasteiger charge is -2.15. The molecule has 1 atom stereocenters. The average Bonchev–Trinajstić information content (AvgIpc) is 3.05. The van der Waals surface area contributed by atoms with Crippen molar-refractivity contribution >= 4 is 17.5 Å². The highest BCUT2D eigenvalue weighted by Gasteiger charge is 2.21. The van der Waals surface area contributed by atoms with E-state index in [0.29, 0.717) is 10.6 Å². The van der Waals surface area contributed by atoms with E-state index in [1.165, 1.54) is 0 Å². The fourth-order valence-corrected chi connectivity index (χ4v) is 3.38. The van der Waals surface area contributed by atoms with Crippen molar-refractivity contribution in [2.45, 2.75) is 33.2 Å². The molecule has 3 aromatic rings. The molecule has 0 fully saturated rings. The molecule has 1 aromatic heterocycles. The van der Waals surface area contributed by atoms with Crippen LogP contribution in [0, 0.1) is 6.92 Å². The molecular formula is C23H25ClN2O2. The van der Waals surface area contributed by atoms with E-state index >= 15 is 0 Å². The molecule has 0 spiro atoms. The van der Waals surface area contributed by atoms with Crippen LogP contribution in [0.2, 0.25) is 5.02 Å². The van der Waals surface area contributed by atoms with E-state index in [-0.39, 0.29) is 11.9 Å². The van der Waals surface area contributed by atoms with E-state index < -0.39 is 0 Å². The molecule has 0 saturated heterocycles. The monoisotopic (exact) mass is 396 g/mol. The first-order chi connectivity index (χ1) is 13.5. The minimum atomic E-state index is -0.0765. The van der Waals surface area contributed by atoms with Gasteiger partial charge < -0.3 is 14.6 Å². The second-order valence-corrected chi connectivity index (χ2v) is 7.23. The van der Waals surface area contributed by atoms with Gasteiger partial charge in [-0.05, 0) is 68.3 Å². The van der Waals surface area contributed by atoms with Gasteiger partial charge in [0.1, 0.15) is 5.75 Å². The molecular weight excluding hydrogens is 372 g/mol. The summed E-state index contributed by atoms with van der Waals surface area (Å²) in [6, 6.07) is 17.5. The van der Waals surface area contributed by atoms with Gasteiger partial charge in [0.2, 0.25) is 0 Å². The Labute approximate surface area is 171 Å². The Kier molecular flexibility index (Phi) is 6.10. The van der Waals surface area contributed by atoms with Crippen molar-refractivity contribution in [3.05, 3.63) is 70.9 Å². The molecule has 0 radical (unpaired) electrons. The van der Waals surface area contributed by atoms with Crippen LogP contribution in [0.3, 0.4) is 0 Å². The number of ether oxygens (including phenoxy) is 1. The summed E-state index contributed by atoms with van der Waals surface area (Å²) in [6.45, 7) is 6.00. The third kappa shape index (κ3) is 3.92. The summed E-state index contributed by atoms with van der Waals surface area (Å²) in [7, 11) is 1.64. The highest BCUT2D eigenvalue weighted by atomic mass is 35.5. The minimum Gasteiger partial charge on any atom is -0.497 e. The van der Waals surface area contributed by atoms with Crippen molar-refractivity contribution < 1.29 is 9.53 Å². The summed E-state index contributed by atoms with van der Waals surface area (Å²) < 4.78 is 7.31. The van der Waals surface area contributed by atoms with Crippen molar-refractivity contribution in [2.24, 2.45) is 0 Å². The van der Waals surface area contributed by atoms with E-state index in [1.54, 1.807) is 7.11 Å². The molecule has 4 nitrogen and oxygen atoms in total. The molecule has 28 heavy (non-hydrogen) atoms. The molecule has 0 aliphatic rings. The second-order valence-electron chi connectivity index (χ2n) is 6.83. The number of methoxy groups -OCH3 is 1. The zero-order valence-corrected chi connectivity index (χ0v) is 17.4. The molecule has 146 valence electrons. The Balaban J connectivity index is 2.17. The van der Waals surface area contributed by atoms with Crippen LogP contribution in [0.4, 0.5) is 0 Å². The molecule has 0 aliphatic heterocycles. The highest BCUT2D eigenvalue weighted by molar-refractivity contribution is 6.32. The number of aromatic nitrogens is 1. The zero-order chi connectivity index (χ0) is 20.3. The average molecular weight is 397 g/mol. The highest BCUT2D eigenvalue weighted by Crippen LogP contribution is 2.33. The number of carbonyl (C=O) groups excluding carboxylic acids is 1. The van der Waals surface area contributed by atoms with Gasteiger partial charge >= 0.3 is 0 Å². The summed E-state index contributed by atoms with van der Waals surface area (Å²) in [4.78, 5) is 12.9. The third-order valence-corrected chi connectivity index (χ3v) is 5.28. The topological polar surface area (TPSA) is 43.3 Å². The Hall–Kier alpha value is -2.72. The van der Waals surface area contributed by atoms with Gasteiger partial charge in [-0.25, -0.2) is 0 Å². The minimum absolute atomic E-state index is 0.0765. The first-order valence-corrected chi connectivity index (χ1v) is 9.76. The van der Waals surface area contributed by atoms with Gasteiger partial charge in [-0.2, -0.15) is 0 Å². The summed E-state index contributed by atoms with van der Waals surface area (Å²) in [5.74, 6) is 0.707. The summed E-state index contributed by atoms with van der Waals surface area (Å²) in [5, 5.41) is 3.69.